The fourth-order valence-electron chi connectivity index (χ4n) is 3.75. The van der Waals surface area contributed by atoms with Gasteiger partial charge in [-0.15, -0.1) is 16.8 Å². The molecule has 2 heterocycles. The van der Waals surface area contributed by atoms with Gasteiger partial charge >= 0.3 is 0 Å². The van der Waals surface area contributed by atoms with Crippen LogP contribution in [-0.4, -0.2) is 51.2 Å². The van der Waals surface area contributed by atoms with Crippen molar-refractivity contribution in [3.63, 3.8) is 0 Å². The first-order valence-corrected chi connectivity index (χ1v) is 10.7. The third-order valence-corrected chi connectivity index (χ3v) is 6.44. The maximum absolute atomic E-state index is 12.8. The van der Waals surface area contributed by atoms with E-state index in [-0.39, 0.29) is 29.3 Å². The van der Waals surface area contributed by atoms with Gasteiger partial charge in [-0.05, 0) is 56.3 Å². The van der Waals surface area contributed by atoms with Crippen LogP contribution in [0, 0.1) is 0 Å². The van der Waals surface area contributed by atoms with E-state index >= 15 is 0 Å². The summed E-state index contributed by atoms with van der Waals surface area (Å²) in [5, 5.41) is 6.20. The van der Waals surface area contributed by atoms with E-state index in [0.717, 1.165) is 25.9 Å². The molecule has 0 radical (unpaired) electrons. The number of rotatable bonds is 4. The molecule has 1 fully saturated rings. The van der Waals surface area contributed by atoms with Crippen LogP contribution in [-0.2, 0) is 10.0 Å². The van der Waals surface area contributed by atoms with Crippen LogP contribution in [0.25, 0.3) is 0 Å². The molecule has 4 rings (SSSR count). The van der Waals surface area contributed by atoms with E-state index in [1.807, 2.05) is 11.9 Å². The SMILES string of the molecule is CNCC1CCCN1C(=O)c1ccc(NC2=NS(=O)(=O)c3ccccc32)cc1.Cl. The van der Waals surface area contributed by atoms with Gasteiger partial charge in [0.15, 0.2) is 5.84 Å². The molecule has 2 aliphatic rings. The average molecular weight is 435 g/mol. The summed E-state index contributed by atoms with van der Waals surface area (Å²) in [6.45, 7) is 1.57. The number of likely N-dealkylation sites (N-methyl/N-ethyl adjacent to an activating group) is 1. The van der Waals surface area contributed by atoms with Crippen LogP contribution >= 0.6 is 12.4 Å². The summed E-state index contributed by atoms with van der Waals surface area (Å²) in [5.41, 5.74) is 1.85. The molecule has 7 nitrogen and oxygen atoms in total. The summed E-state index contributed by atoms with van der Waals surface area (Å²) in [5.74, 6) is 0.318. The third-order valence-electron chi connectivity index (χ3n) is 5.10. The second-order valence-electron chi connectivity index (χ2n) is 6.97. The summed E-state index contributed by atoms with van der Waals surface area (Å²) < 4.78 is 28.1. The van der Waals surface area contributed by atoms with Crippen molar-refractivity contribution in [3.05, 3.63) is 59.7 Å². The zero-order valence-corrected chi connectivity index (χ0v) is 17.6. The van der Waals surface area contributed by atoms with Gasteiger partial charge in [-0.25, -0.2) is 0 Å². The van der Waals surface area contributed by atoms with E-state index in [0.29, 0.717) is 22.6 Å². The summed E-state index contributed by atoms with van der Waals surface area (Å²) in [6.07, 6.45) is 2.03. The largest absolute Gasteiger partial charge is 0.339 e. The minimum Gasteiger partial charge on any atom is -0.339 e. The number of fused-ring (bicyclic) bond motifs is 1. The second-order valence-corrected chi connectivity index (χ2v) is 8.54. The molecule has 1 saturated heterocycles. The van der Waals surface area contributed by atoms with Crippen molar-refractivity contribution in [2.45, 2.75) is 23.8 Å². The van der Waals surface area contributed by atoms with Gasteiger partial charge in [0.2, 0.25) is 0 Å². The Kier molecular flexibility index (Phi) is 6.26. The van der Waals surface area contributed by atoms with E-state index in [9.17, 15) is 13.2 Å². The number of amides is 1. The first-order chi connectivity index (χ1) is 13.5. The van der Waals surface area contributed by atoms with E-state index in [1.54, 1.807) is 48.5 Å². The van der Waals surface area contributed by atoms with E-state index in [2.05, 4.69) is 15.0 Å². The standard InChI is InChI=1S/C20H22N4O3S.ClH/c1-21-13-16-5-4-12-24(16)20(25)14-8-10-15(11-9-14)22-19-17-6-2-3-7-18(17)28(26,27)23-19;/h2-3,6-11,16,21H,4-5,12-13H2,1H3,(H,22,23);1H. The number of carbonyl (C=O) groups is 1. The minimum atomic E-state index is -3.66. The van der Waals surface area contributed by atoms with Gasteiger partial charge in [0.1, 0.15) is 4.90 Å². The number of amidine groups is 1. The van der Waals surface area contributed by atoms with Gasteiger partial charge in [-0.3, -0.25) is 4.79 Å². The normalized spacial score (nSPS) is 19.3. The third kappa shape index (κ3) is 4.14. The Labute approximate surface area is 176 Å². The lowest BCUT2D eigenvalue weighted by molar-refractivity contribution is 0.0737. The highest BCUT2D eigenvalue weighted by Crippen LogP contribution is 2.27. The number of nitrogens with zero attached hydrogens (tertiary/aromatic N) is 2. The molecule has 2 aromatic carbocycles. The molecule has 1 unspecified atom stereocenters. The van der Waals surface area contributed by atoms with Gasteiger partial charge in [0.05, 0.1) is 0 Å². The highest BCUT2D eigenvalue weighted by atomic mass is 35.5. The average Bonchev–Trinajstić information content (AvgIpc) is 3.25. The Hall–Kier alpha value is -2.42. The molecule has 0 aliphatic carbocycles. The highest BCUT2D eigenvalue weighted by molar-refractivity contribution is 7.90. The maximum atomic E-state index is 12.8. The Morgan fingerprint density at radius 1 is 1.17 bits per heavy atom. The molecule has 0 aromatic heterocycles. The van der Waals surface area contributed by atoms with Crippen molar-refractivity contribution in [3.8, 4) is 0 Å². The first kappa shape index (κ1) is 21.3. The number of halogens is 1. The zero-order valence-electron chi connectivity index (χ0n) is 16.0. The van der Waals surface area contributed by atoms with E-state index in [1.165, 1.54) is 0 Å². The number of sulfonamides is 1. The zero-order chi connectivity index (χ0) is 19.7. The molecule has 29 heavy (non-hydrogen) atoms. The molecule has 2 N–H and O–H groups in total. The van der Waals surface area contributed by atoms with Crippen LogP contribution in [0.2, 0.25) is 0 Å². The van der Waals surface area contributed by atoms with Crippen LogP contribution < -0.4 is 10.6 Å². The second kappa shape index (κ2) is 8.52. The molecule has 1 atom stereocenters. The fourth-order valence-corrected chi connectivity index (χ4v) is 4.92. The lowest BCUT2D eigenvalue weighted by Gasteiger charge is -2.24. The topological polar surface area (TPSA) is 90.9 Å². The van der Waals surface area contributed by atoms with Crippen molar-refractivity contribution in [1.82, 2.24) is 10.2 Å². The molecular formula is C20H23ClN4O3S. The van der Waals surface area contributed by atoms with E-state index in [4.69, 9.17) is 0 Å². The molecule has 1 amide bonds. The molecule has 154 valence electrons. The number of anilines is 1. The fraction of sp³-hybridized carbons (Fsp3) is 0.300. The molecule has 2 aliphatic heterocycles. The molecule has 0 spiro atoms. The lowest BCUT2D eigenvalue weighted by Crippen LogP contribution is -2.40. The Bertz CT molecular complexity index is 1040. The summed E-state index contributed by atoms with van der Waals surface area (Å²) >= 11 is 0. The molecule has 0 bridgehead atoms. The van der Waals surface area contributed by atoms with Crippen LogP contribution in [0.5, 0.6) is 0 Å². The lowest BCUT2D eigenvalue weighted by atomic mass is 10.1. The number of hydrogen-bond acceptors (Lipinski definition) is 5. The van der Waals surface area contributed by atoms with Crippen molar-refractivity contribution in [2.75, 3.05) is 25.5 Å². The van der Waals surface area contributed by atoms with Crippen molar-refractivity contribution >= 4 is 39.9 Å². The van der Waals surface area contributed by atoms with Gasteiger partial charge in [-0.2, -0.15) is 8.42 Å². The van der Waals surface area contributed by atoms with E-state index < -0.39 is 10.0 Å². The Morgan fingerprint density at radius 3 is 2.62 bits per heavy atom. The minimum absolute atomic E-state index is 0. The number of carbonyl (C=O) groups excluding carboxylic acids is 1. The predicted molar refractivity (Wildman–Crippen MR) is 115 cm³/mol. The first-order valence-electron chi connectivity index (χ1n) is 9.26. The molecular weight excluding hydrogens is 412 g/mol. The van der Waals surface area contributed by atoms with Gasteiger partial charge in [-0.1, -0.05) is 12.1 Å². The number of hydrogen-bond donors (Lipinski definition) is 2. The van der Waals surface area contributed by atoms with Crippen LogP contribution in [0.1, 0.15) is 28.8 Å². The maximum Gasteiger partial charge on any atom is 0.285 e. The molecule has 0 saturated carbocycles. The Morgan fingerprint density at radius 2 is 1.90 bits per heavy atom. The van der Waals surface area contributed by atoms with Gasteiger partial charge < -0.3 is 15.5 Å². The van der Waals surface area contributed by atoms with Gasteiger partial charge in [0, 0.05) is 35.9 Å². The highest BCUT2D eigenvalue weighted by Gasteiger charge is 2.30. The summed E-state index contributed by atoms with van der Waals surface area (Å²) in [6, 6.07) is 14.0. The van der Waals surface area contributed by atoms with Crippen molar-refractivity contribution in [2.24, 2.45) is 4.40 Å². The molecule has 9 heteroatoms. The van der Waals surface area contributed by atoms with Crippen LogP contribution in [0.3, 0.4) is 0 Å². The smallest absolute Gasteiger partial charge is 0.285 e. The quantitative estimate of drug-likeness (QED) is 0.771. The Balaban J connectivity index is 0.00000240. The van der Waals surface area contributed by atoms with Crippen LogP contribution in [0.4, 0.5) is 5.69 Å². The molecule has 2 aromatic rings. The van der Waals surface area contributed by atoms with Crippen molar-refractivity contribution < 1.29 is 13.2 Å². The predicted octanol–water partition coefficient (Wildman–Crippen LogP) is 2.49. The summed E-state index contributed by atoms with van der Waals surface area (Å²) in [7, 11) is -1.77. The monoisotopic (exact) mass is 434 g/mol. The van der Waals surface area contributed by atoms with Crippen molar-refractivity contribution in [1.29, 1.82) is 0 Å². The van der Waals surface area contributed by atoms with Crippen LogP contribution in [0.15, 0.2) is 57.8 Å². The number of benzene rings is 2. The van der Waals surface area contributed by atoms with Gasteiger partial charge in [0.25, 0.3) is 15.9 Å². The number of likely N-dealkylation sites (tertiary alicyclic amines) is 1. The summed E-state index contributed by atoms with van der Waals surface area (Å²) in [4.78, 5) is 14.9. The number of nitrogens with one attached hydrogen (secondary N) is 2.